The van der Waals surface area contributed by atoms with Gasteiger partial charge in [0.05, 0.1) is 5.92 Å². The molecule has 1 N–H and O–H groups in total. The topological polar surface area (TPSA) is 32.3 Å². The highest BCUT2D eigenvalue weighted by Gasteiger charge is 2.25. The van der Waals surface area contributed by atoms with Crippen LogP contribution < -0.4 is 5.32 Å². The molecule has 0 aromatic rings. The van der Waals surface area contributed by atoms with Gasteiger partial charge in [0.15, 0.2) is 0 Å². The number of carbonyl (C=O) groups excluding carboxylic acids is 1. The van der Waals surface area contributed by atoms with Crippen LogP contribution in [0.3, 0.4) is 0 Å². The summed E-state index contributed by atoms with van der Waals surface area (Å²) in [4.78, 5) is 13.6. The first-order valence-electron chi connectivity index (χ1n) is 4.79. The van der Waals surface area contributed by atoms with E-state index in [1.54, 1.807) is 0 Å². The Bertz CT molecular complexity index is 145. The Morgan fingerprint density at radius 2 is 2.17 bits per heavy atom. The molecule has 0 bridgehead atoms. The fourth-order valence-electron chi connectivity index (χ4n) is 1.66. The average molecular weight is 170 g/mol. The van der Waals surface area contributed by atoms with Crippen molar-refractivity contribution in [2.45, 2.75) is 20.3 Å². The Kier molecular flexibility index (Phi) is 3.53. The van der Waals surface area contributed by atoms with Crippen LogP contribution in [0.5, 0.6) is 0 Å². The first-order valence-corrected chi connectivity index (χ1v) is 4.79. The molecule has 1 amide bonds. The Morgan fingerprint density at radius 3 is 2.58 bits per heavy atom. The number of nitrogens with one attached hydrogen (secondary N) is 1. The largest absolute Gasteiger partial charge is 0.343 e. The Morgan fingerprint density at radius 1 is 1.50 bits per heavy atom. The van der Waals surface area contributed by atoms with Gasteiger partial charge in [-0.1, -0.05) is 0 Å². The van der Waals surface area contributed by atoms with E-state index in [4.69, 9.17) is 0 Å². The Labute approximate surface area is 74.1 Å². The maximum absolute atomic E-state index is 11.7. The molecule has 3 heteroatoms. The third kappa shape index (κ3) is 1.97. The second-order valence-corrected chi connectivity index (χ2v) is 3.20. The monoisotopic (exact) mass is 170 g/mol. The van der Waals surface area contributed by atoms with Gasteiger partial charge in [-0.3, -0.25) is 4.79 Å². The smallest absolute Gasteiger partial charge is 0.226 e. The minimum Gasteiger partial charge on any atom is -0.343 e. The van der Waals surface area contributed by atoms with Gasteiger partial charge in [0.1, 0.15) is 0 Å². The highest BCUT2D eigenvalue weighted by Crippen LogP contribution is 2.11. The van der Waals surface area contributed by atoms with E-state index in [2.05, 4.69) is 5.32 Å². The third-order valence-corrected chi connectivity index (χ3v) is 2.48. The highest BCUT2D eigenvalue weighted by atomic mass is 16.2. The van der Waals surface area contributed by atoms with E-state index in [-0.39, 0.29) is 5.92 Å². The molecule has 1 aliphatic rings. The molecule has 1 heterocycles. The zero-order valence-corrected chi connectivity index (χ0v) is 7.97. The molecular weight excluding hydrogens is 152 g/mol. The van der Waals surface area contributed by atoms with Gasteiger partial charge >= 0.3 is 0 Å². The second-order valence-electron chi connectivity index (χ2n) is 3.20. The van der Waals surface area contributed by atoms with Gasteiger partial charge in [-0.2, -0.15) is 0 Å². The van der Waals surface area contributed by atoms with E-state index >= 15 is 0 Å². The molecule has 1 rings (SSSR count). The lowest BCUT2D eigenvalue weighted by molar-refractivity contribution is -0.134. The van der Waals surface area contributed by atoms with Crippen LogP contribution >= 0.6 is 0 Å². The summed E-state index contributed by atoms with van der Waals surface area (Å²) in [6.45, 7) is 7.61. The van der Waals surface area contributed by atoms with Crippen molar-refractivity contribution in [1.29, 1.82) is 0 Å². The summed E-state index contributed by atoms with van der Waals surface area (Å²) in [5.41, 5.74) is 0. The van der Waals surface area contributed by atoms with E-state index < -0.39 is 0 Å². The summed E-state index contributed by atoms with van der Waals surface area (Å²) in [6, 6.07) is 0. The summed E-state index contributed by atoms with van der Waals surface area (Å²) in [7, 11) is 0. The molecule has 0 saturated carbocycles. The molecule has 1 atom stereocenters. The van der Waals surface area contributed by atoms with Crippen LogP contribution in [-0.2, 0) is 4.79 Å². The second kappa shape index (κ2) is 4.45. The van der Waals surface area contributed by atoms with Gasteiger partial charge in [0.2, 0.25) is 5.91 Å². The number of hydrogen-bond donors (Lipinski definition) is 1. The quantitative estimate of drug-likeness (QED) is 0.667. The van der Waals surface area contributed by atoms with Crippen LogP contribution in [-0.4, -0.2) is 37.0 Å². The first kappa shape index (κ1) is 9.52. The number of carbonyl (C=O) groups is 1. The van der Waals surface area contributed by atoms with Crippen molar-refractivity contribution in [3.05, 3.63) is 0 Å². The van der Waals surface area contributed by atoms with Crippen LogP contribution in [0.4, 0.5) is 0 Å². The molecule has 1 aliphatic heterocycles. The Balaban J connectivity index is 2.43. The maximum Gasteiger partial charge on any atom is 0.226 e. The molecule has 0 aromatic carbocycles. The summed E-state index contributed by atoms with van der Waals surface area (Å²) < 4.78 is 0. The number of rotatable bonds is 3. The maximum atomic E-state index is 11.7. The molecule has 70 valence electrons. The molecule has 0 spiro atoms. The van der Waals surface area contributed by atoms with E-state index in [9.17, 15) is 4.79 Å². The molecule has 0 unspecified atom stereocenters. The highest BCUT2D eigenvalue weighted by molar-refractivity contribution is 5.79. The Hall–Kier alpha value is -0.570. The number of nitrogens with zero attached hydrogens (tertiary/aromatic N) is 1. The van der Waals surface area contributed by atoms with E-state index in [0.29, 0.717) is 5.91 Å². The fraction of sp³-hybridized carbons (Fsp3) is 0.889. The molecule has 0 aromatic heterocycles. The summed E-state index contributed by atoms with van der Waals surface area (Å²) in [5, 5.41) is 3.21. The predicted octanol–water partition coefficient (Wildman–Crippen LogP) is 0.464. The zero-order chi connectivity index (χ0) is 8.97. The van der Waals surface area contributed by atoms with Crippen LogP contribution in [0, 0.1) is 5.92 Å². The molecular formula is C9H18N2O. The number of hydrogen-bond acceptors (Lipinski definition) is 2. The minimum atomic E-state index is 0.241. The van der Waals surface area contributed by atoms with Crippen LogP contribution in [0.25, 0.3) is 0 Å². The lowest BCUT2D eigenvalue weighted by Crippen LogP contribution is -2.36. The van der Waals surface area contributed by atoms with Crippen molar-refractivity contribution in [2.24, 2.45) is 5.92 Å². The van der Waals surface area contributed by atoms with E-state index in [1.807, 2.05) is 18.7 Å². The standard InChI is InChI=1S/C9H18N2O/c1-3-11(4-2)9(12)8-5-6-10-7-8/h8,10H,3-7H2,1-2H3/t8-/m0/s1. The molecule has 1 saturated heterocycles. The van der Waals surface area contributed by atoms with Crippen molar-refractivity contribution in [3.8, 4) is 0 Å². The van der Waals surface area contributed by atoms with Crippen molar-refractivity contribution in [3.63, 3.8) is 0 Å². The van der Waals surface area contributed by atoms with Gasteiger partial charge in [-0.25, -0.2) is 0 Å². The summed E-state index contributed by atoms with van der Waals surface area (Å²) in [5.74, 6) is 0.565. The molecule has 12 heavy (non-hydrogen) atoms. The fourth-order valence-corrected chi connectivity index (χ4v) is 1.66. The van der Waals surface area contributed by atoms with Gasteiger partial charge in [0.25, 0.3) is 0 Å². The van der Waals surface area contributed by atoms with E-state index in [1.165, 1.54) is 0 Å². The van der Waals surface area contributed by atoms with Gasteiger partial charge in [-0.15, -0.1) is 0 Å². The molecule has 0 aliphatic carbocycles. The van der Waals surface area contributed by atoms with Gasteiger partial charge < -0.3 is 10.2 Å². The van der Waals surface area contributed by atoms with Gasteiger partial charge in [-0.05, 0) is 26.8 Å². The zero-order valence-electron chi connectivity index (χ0n) is 7.97. The van der Waals surface area contributed by atoms with E-state index in [0.717, 1.165) is 32.6 Å². The van der Waals surface area contributed by atoms with Crippen LogP contribution in [0.1, 0.15) is 20.3 Å². The van der Waals surface area contributed by atoms with Crippen molar-refractivity contribution >= 4 is 5.91 Å². The molecule has 0 radical (unpaired) electrons. The number of amides is 1. The summed E-state index contributed by atoms with van der Waals surface area (Å²) >= 11 is 0. The minimum absolute atomic E-state index is 0.241. The summed E-state index contributed by atoms with van der Waals surface area (Å²) in [6.07, 6.45) is 1.01. The van der Waals surface area contributed by atoms with Crippen LogP contribution in [0.2, 0.25) is 0 Å². The van der Waals surface area contributed by atoms with Crippen molar-refractivity contribution in [1.82, 2.24) is 10.2 Å². The lowest BCUT2D eigenvalue weighted by Gasteiger charge is -2.21. The van der Waals surface area contributed by atoms with Gasteiger partial charge in [0, 0.05) is 19.6 Å². The normalized spacial score (nSPS) is 22.7. The SMILES string of the molecule is CCN(CC)C(=O)[C@H]1CCNC1. The van der Waals surface area contributed by atoms with Crippen molar-refractivity contribution < 1.29 is 4.79 Å². The average Bonchev–Trinajstić information content (AvgIpc) is 2.58. The molecule has 3 nitrogen and oxygen atoms in total. The molecule has 1 fully saturated rings. The predicted molar refractivity (Wildman–Crippen MR) is 48.9 cm³/mol. The lowest BCUT2D eigenvalue weighted by atomic mass is 10.1. The first-order chi connectivity index (χ1) is 5.79. The van der Waals surface area contributed by atoms with Crippen LogP contribution in [0.15, 0.2) is 0 Å². The van der Waals surface area contributed by atoms with Crippen molar-refractivity contribution in [2.75, 3.05) is 26.2 Å². The third-order valence-electron chi connectivity index (χ3n) is 2.48.